The normalized spacial score (nSPS) is 19.9. The van der Waals surface area contributed by atoms with Crippen molar-refractivity contribution in [2.45, 2.75) is 25.4 Å². The number of likely N-dealkylation sites (tertiary alicyclic amines) is 1. The Morgan fingerprint density at radius 2 is 2.33 bits per heavy atom. The SMILES string of the molecule is NC(=O)C1CCCN1Cc1cccnc1C(N)=S. The summed E-state index contributed by atoms with van der Waals surface area (Å²) in [5.74, 6) is -0.270. The van der Waals surface area contributed by atoms with Crippen LogP contribution in [0.4, 0.5) is 0 Å². The molecule has 1 unspecified atom stereocenters. The fraction of sp³-hybridized carbons (Fsp3) is 0.417. The summed E-state index contributed by atoms with van der Waals surface area (Å²) in [7, 11) is 0. The number of aromatic nitrogens is 1. The van der Waals surface area contributed by atoms with E-state index in [1.165, 1.54) is 0 Å². The molecule has 96 valence electrons. The molecule has 0 aromatic carbocycles. The summed E-state index contributed by atoms with van der Waals surface area (Å²) >= 11 is 4.98. The second kappa shape index (κ2) is 5.41. The van der Waals surface area contributed by atoms with Crippen LogP contribution in [0.15, 0.2) is 18.3 Å². The Morgan fingerprint density at radius 3 is 3.00 bits per heavy atom. The smallest absolute Gasteiger partial charge is 0.234 e. The lowest BCUT2D eigenvalue weighted by atomic mass is 10.1. The molecule has 18 heavy (non-hydrogen) atoms. The number of primary amides is 1. The maximum absolute atomic E-state index is 11.3. The largest absolute Gasteiger partial charge is 0.388 e. The highest BCUT2D eigenvalue weighted by atomic mass is 32.1. The van der Waals surface area contributed by atoms with Crippen LogP contribution in [-0.2, 0) is 11.3 Å². The van der Waals surface area contributed by atoms with Crippen molar-refractivity contribution in [3.05, 3.63) is 29.6 Å². The van der Waals surface area contributed by atoms with E-state index in [9.17, 15) is 4.79 Å². The van der Waals surface area contributed by atoms with Crippen molar-refractivity contribution in [2.24, 2.45) is 11.5 Å². The van der Waals surface area contributed by atoms with Crippen molar-refractivity contribution in [1.82, 2.24) is 9.88 Å². The van der Waals surface area contributed by atoms with Crippen LogP contribution in [0.5, 0.6) is 0 Å². The van der Waals surface area contributed by atoms with Crippen molar-refractivity contribution in [2.75, 3.05) is 6.54 Å². The number of amides is 1. The van der Waals surface area contributed by atoms with Crippen LogP contribution in [0, 0.1) is 0 Å². The van der Waals surface area contributed by atoms with Gasteiger partial charge < -0.3 is 11.5 Å². The van der Waals surface area contributed by atoms with Gasteiger partial charge in [0, 0.05) is 12.7 Å². The minimum absolute atomic E-state index is 0.190. The molecule has 1 fully saturated rings. The third-order valence-electron chi connectivity index (χ3n) is 3.19. The first-order valence-electron chi connectivity index (χ1n) is 5.86. The van der Waals surface area contributed by atoms with E-state index in [4.69, 9.17) is 23.7 Å². The van der Waals surface area contributed by atoms with Gasteiger partial charge in [-0.3, -0.25) is 14.7 Å². The van der Waals surface area contributed by atoms with Gasteiger partial charge in [-0.1, -0.05) is 18.3 Å². The number of hydrogen-bond acceptors (Lipinski definition) is 4. The molecule has 1 aromatic rings. The molecule has 6 heteroatoms. The molecule has 2 rings (SSSR count). The van der Waals surface area contributed by atoms with Gasteiger partial charge >= 0.3 is 0 Å². The van der Waals surface area contributed by atoms with Crippen LogP contribution in [0.25, 0.3) is 0 Å². The Labute approximate surface area is 111 Å². The zero-order valence-electron chi connectivity index (χ0n) is 10.0. The molecule has 5 nitrogen and oxygen atoms in total. The summed E-state index contributed by atoms with van der Waals surface area (Å²) in [5.41, 5.74) is 12.6. The van der Waals surface area contributed by atoms with Gasteiger partial charge in [0.15, 0.2) is 0 Å². The van der Waals surface area contributed by atoms with Gasteiger partial charge in [-0.25, -0.2) is 0 Å². The number of carbonyl (C=O) groups is 1. The van der Waals surface area contributed by atoms with Crippen molar-refractivity contribution in [3.8, 4) is 0 Å². The van der Waals surface area contributed by atoms with E-state index in [1.54, 1.807) is 6.20 Å². The molecule has 0 bridgehead atoms. The summed E-state index contributed by atoms with van der Waals surface area (Å²) in [6.07, 6.45) is 3.46. The summed E-state index contributed by atoms with van der Waals surface area (Å²) < 4.78 is 0. The van der Waals surface area contributed by atoms with Crippen molar-refractivity contribution in [3.63, 3.8) is 0 Å². The molecule has 0 spiro atoms. The summed E-state index contributed by atoms with van der Waals surface area (Å²) in [4.78, 5) is 17.9. The Bertz CT molecular complexity index is 477. The van der Waals surface area contributed by atoms with Gasteiger partial charge in [-0.2, -0.15) is 0 Å². The number of nitrogens with two attached hydrogens (primary N) is 2. The molecule has 4 N–H and O–H groups in total. The predicted octanol–water partition coefficient (Wildman–Crippen LogP) is 0.165. The summed E-state index contributed by atoms with van der Waals surface area (Å²) in [5, 5.41) is 0. The van der Waals surface area contributed by atoms with Crippen LogP contribution in [-0.4, -0.2) is 33.4 Å². The quantitative estimate of drug-likeness (QED) is 0.757. The molecule has 1 saturated heterocycles. The van der Waals surface area contributed by atoms with Crippen LogP contribution in [0.2, 0.25) is 0 Å². The highest BCUT2D eigenvalue weighted by Crippen LogP contribution is 2.20. The van der Waals surface area contributed by atoms with Crippen molar-refractivity contribution in [1.29, 1.82) is 0 Å². The molecule has 1 atom stereocenters. The lowest BCUT2D eigenvalue weighted by molar-refractivity contribution is -0.122. The zero-order chi connectivity index (χ0) is 13.1. The van der Waals surface area contributed by atoms with E-state index in [2.05, 4.69) is 9.88 Å². The van der Waals surface area contributed by atoms with Gasteiger partial charge in [0.2, 0.25) is 5.91 Å². The van der Waals surface area contributed by atoms with E-state index in [1.807, 2.05) is 12.1 Å². The van der Waals surface area contributed by atoms with E-state index in [0.29, 0.717) is 12.2 Å². The summed E-state index contributed by atoms with van der Waals surface area (Å²) in [6, 6.07) is 3.58. The van der Waals surface area contributed by atoms with Gasteiger partial charge in [-0.05, 0) is 31.0 Å². The number of pyridine rings is 1. The molecule has 2 heterocycles. The predicted molar refractivity (Wildman–Crippen MR) is 72.8 cm³/mol. The number of nitrogens with zero attached hydrogens (tertiary/aromatic N) is 2. The molecule has 1 amide bonds. The lowest BCUT2D eigenvalue weighted by Crippen LogP contribution is -2.40. The first kappa shape index (κ1) is 12.9. The van der Waals surface area contributed by atoms with Gasteiger partial charge in [-0.15, -0.1) is 0 Å². The zero-order valence-corrected chi connectivity index (χ0v) is 10.8. The van der Waals surface area contributed by atoms with Crippen molar-refractivity contribution < 1.29 is 4.79 Å². The molecule has 1 aromatic heterocycles. The minimum Gasteiger partial charge on any atom is -0.388 e. The van der Waals surface area contributed by atoms with Gasteiger partial charge in [0.1, 0.15) is 10.7 Å². The molecular formula is C12H16N4OS. The molecule has 0 radical (unpaired) electrons. The summed E-state index contributed by atoms with van der Waals surface area (Å²) in [6.45, 7) is 1.47. The fourth-order valence-electron chi connectivity index (χ4n) is 2.34. The molecule has 0 aliphatic carbocycles. The molecule has 0 saturated carbocycles. The van der Waals surface area contributed by atoms with E-state index < -0.39 is 0 Å². The monoisotopic (exact) mass is 264 g/mol. The molecule has 1 aliphatic rings. The highest BCUT2D eigenvalue weighted by molar-refractivity contribution is 7.80. The second-order valence-corrected chi connectivity index (χ2v) is 4.85. The van der Waals surface area contributed by atoms with Crippen LogP contribution >= 0.6 is 12.2 Å². The van der Waals surface area contributed by atoms with E-state index in [-0.39, 0.29) is 16.9 Å². The van der Waals surface area contributed by atoms with Crippen LogP contribution < -0.4 is 11.5 Å². The van der Waals surface area contributed by atoms with E-state index in [0.717, 1.165) is 24.9 Å². The highest BCUT2D eigenvalue weighted by Gasteiger charge is 2.29. The lowest BCUT2D eigenvalue weighted by Gasteiger charge is -2.22. The number of hydrogen-bond donors (Lipinski definition) is 2. The van der Waals surface area contributed by atoms with Gasteiger partial charge in [0.05, 0.1) is 6.04 Å². The van der Waals surface area contributed by atoms with Crippen molar-refractivity contribution >= 4 is 23.1 Å². The first-order chi connectivity index (χ1) is 8.59. The fourth-order valence-corrected chi connectivity index (χ4v) is 2.53. The minimum atomic E-state index is -0.270. The maximum Gasteiger partial charge on any atom is 0.234 e. The second-order valence-electron chi connectivity index (χ2n) is 4.41. The topological polar surface area (TPSA) is 85.2 Å². The number of rotatable bonds is 4. The third kappa shape index (κ3) is 2.65. The third-order valence-corrected chi connectivity index (χ3v) is 3.38. The van der Waals surface area contributed by atoms with Gasteiger partial charge in [0.25, 0.3) is 0 Å². The molecular weight excluding hydrogens is 248 g/mol. The Balaban J connectivity index is 2.19. The number of carbonyl (C=O) groups excluding carboxylic acids is 1. The van der Waals surface area contributed by atoms with E-state index >= 15 is 0 Å². The number of thiocarbonyl (C=S) groups is 1. The van der Waals surface area contributed by atoms with Crippen LogP contribution in [0.1, 0.15) is 24.1 Å². The van der Waals surface area contributed by atoms with Crippen LogP contribution in [0.3, 0.4) is 0 Å². The standard InChI is InChI=1S/C12H16N4OS/c13-11(17)9-4-2-6-16(9)7-8-3-1-5-15-10(8)12(14)18/h1,3,5,9H,2,4,6-7H2,(H2,13,17)(H2,14,18). The molecule has 1 aliphatic heterocycles. The first-order valence-corrected chi connectivity index (χ1v) is 6.27. The maximum atomic E-state index is 11.3. The average molecular weight is 264 g/mol. The Morgan fingerprint density at radius 1 is 1.56 bits per heavy atom. The Kier molecular flexibility index (Phi) is 3.88. The average Bonchev–Trinajstić information content (AvgIpc) is 2.77. The Hall–Kier alpha value is -1.53.